The van der Waals surface area contributed by atoms with Gasteiger partial charge >= 0.3 is 0 Å². The Kier molecular flexibility index (Phi) is 5.99. The summed E-state index contributed by atoms with van der Waals surface area (Å²) in [5.41, 5.74) is 2.68. The van der Waals surface area contributed by atoms with Crippen molar-refractivity contribution in [3.8, 4) is 5.75 Å². The Morgan fingerprint density at radius 3 is 2.47 bits per heavy atom. The zero-order valence-corrected chi connectivity index (χ0v) is 19.1. The Balaban J connectivity index is 1.36. The van der Waals surface area contributed by atoms with Crippen molar-refractivity contribution in [3.05, 3.63) is 47.5 Å². The molecule has 6 nitrogen and oxygen atoms in total. The number of nitrogens with one attached hydrogen (secondary N) is 1. The molecule has 0 atom stereocenters. The Morgan fingerprint density at radius 1 is 1.17 bits per heavy atom. The monoisotopic (exact) mass is 445 g/mol. The van der Waals surface area contributed by atoms with E-state index in [0.29, 0.717) is 17.4 Å². The number of methoxy groups -OCH3 is 1. The molecule has 2 heterocycles. The summed E-state index contributed by atoms with van der Waals surface area (Å²) in [6.07, 6.45) is 1.89. The maximum atomic E-state index is 12.8. The summed E-state index contributed by atoms with van der Waals surface area (Å²) in [5.74, 6) is 1.06. The van der Waals surface area contributed by atoms with E-state index in [1.807, 2.05) is 32.0 Å². The number of anilines is 1. The van der Waals surface area contributed by atoms with Crippen LogP contribution in [0.15, 0.2) is 41.3 Å². The number of hydrogen-bond donors (Lipinski definition) is 1. The fourth-order valence-corrected chi connectivity index (χ4v) is 6.33. The first-order valence-corrected chi connectivity index (χ1v) is 12.4. The maximum absolute atomic E-state index is 12.8. The first kappa shape index (κ1) is 21.1. The van der Waals surface area contributed by atoms with Crippen molar-refractivity contribution in [3.63, 3.8) is 0 Å². The van der Waals surface area contributed by atoms with Gasteiger partial charge in [0.05, 0.1) is 22.2 Å². The van der Waals surface area contributed by atoms with E-state index in [-0.39, 0.29) is 0 Å². The van der Waals surface area contributed by atoms with E-state index in [9.17, 15) is 8.42 Å². The molecule has 8 heteroatoms. The third kappa shape index (κ3) is 4.31. The highest BCUT2D eigenvalue weighted by atomic mass is 32.2. The molecule has 1 aromatic heterocycles. The second-order valence-corrected chi connectivity index (χ2v) is 10.6. The summed E-state index contributed by atoms with van der Waals surface area (Å²) >= 11 is 1.72. The molecular formula is C22H27N3O3S2. The number of piperidine rings is 1. The maximum Gasteiger partial charge on any atom is 0.240 e. The van der Waals surface area contributed by atoms with Crippen LogP contribution in [-0.4, -0.2) is 40.1 Å². The van der Waals surface area contributed by atoms with E-state index in [1.165, 1.54) is 4.70 Å². The lowest BCUT2D eigenvalue weighted by atomic mass is 9.97. The Hall–Kier alpha value is -2.16. The van der Waals surface area contributed by atoms with Crippen molar-refractivity contribution in [2.45, 2.75) is 31.6 Å². The Labute approximate surface area is 181 Å². The van der Waals surface area contributed by atoms with Crippen molar-refractivity contribution >= 4 is 36.7 Å². The summed E-state index contributed by atoms with van der Waals surface area (Å²) in [7, 11) is -1.94. The van der Waals surface area contributed by atoms with Crippen molar-refractivity contribution in [2.75, 3.05) is 31.6 Å². The number of aromatic nitrogens is 1. The largest absolute Gasteiger partial charge is 0.496 e. The number of rotatable bonds is 6. The molecule has 0 spiro atoms. The van der Waals surface area contributed by atoms with Gasteiger partial charge < -0.3 is 9.64 Å². The highest BCUT2D eigenvalue weighted by Crippen LogP contribution is 2.31. The molecule has 3 aromatic rings. The molecule has 1 aliphatic rings. The smallest absolute Gasteiger partial charge is 0.240 e. The summed E-state index contributed by atoms with van der Waals surface area (Å²) in [5, 5.41) is 1.06. The standard InChI is InChI=1S/C22H27N3O3S2/c1-15-12-18(13-16(2)21(15)28-3)30(26,27)23-14-17-8-10-25(11-9-17)22-24-19-6-4-5-7-20(19)29-22/h4-7,12-13,17,23H,8-11,14H2,1-3H3. The van der Waals surface area contributed by atoms with Crippen LogP contribution in [0.5, 0.6) is 5.75 Å². The average Bonchev–Trinajstić information content (AvgIpc) is 3.17. The number of fused-ring (bicyclic) bond motifs is 1. The lowest BCUT2D eigenvalue weighted by molar-refractivity contribution is 0.401. The number of nitrogens with zero attached hydrogens (tertiary/aromatic N) is 2. The van der Waals surface area contributed by atoms with Gasteiger partial charge in [-0.15, -0.1) is 0 Å². The van der Waals surface area contributed by atoms with Crippen LogP contribution in [0, 0.1) is 19.8 Å². The normalized spacial score (nSPS) is 15.6. The van der Waals surface area contributed by atoms with Crippen LogP contribution in [0.1, 0.15) is 24.0 Å². The van der Waals surface area contributed by atoms with Gasteiger partial charge in [-0.2, -0.15) is 0 Å². The SMILES string of the molecule is COc1c(C)cc(S(=O)(=O)NCC2CCN(c3nc4ccccc4s3)CC2)cc1C. The summed E-state index contributed by atoms with van der Waals surface area (Å²) in [6, 6.07) is 11.5. The van der Waals surface area contributed by atoms with Gasteiger partial charge in [-0.3, -0.25) is 0 Å². The van der Waals surface area contributed by atoms with Crippen LogP contribution >= 0.6 is 11.3 Å². The van der Waals surface area contributed by atoms with Gasteiger partial charge in [0.1, 0.15) is 5.75 Å². The second-order valence-electron chi connectivity index (χ2n) is 7.84. The molecule has 0 saturated carbocycles. The van der Waals surface area contributed by atoms with Gasteiger partial charge in [0.15, 0.2) is 5.13 Å². The molecule has 160 valence electrons. The summed E-state index contributed by atoms with van der Waals surface area (Å²) < 4.78 is 34.9. The number of aryl methyl sites for hydroxylation is 2. The fraction of sp³-hybridized carbons (Fsp3) is 0.409. The van der Waals surface area contributed by atoms with Crippen LogP contribution < -0.4 is 14.4 Å². The van der Waals surface area contributed by atoms with Crippen molar-refractivity contribution in [1.29, 1.82) is 0 Å². The second kappa shape index (κ2) is 8.53. The highest BCUT2D eigenvalue weighted by Gasteiger charge is 2.24. The predicted molar refractivity (Wildman–Crippen MR) is 122 cm³/mol. The fourth-order valence-electron chi connectivity index (χ4n) is 4.02. The predicted octanol–water partition coefficient (Wildman–Crippen LogP) is 4.12. The zero-order chi connectivity index (χ0) is 21.3. The van der Waals surface area contributed by atoms with E-state index in [4.69, 9.17) is 9.72 Å². The molecule has 0 amide bonds. The molecule has 0 radical (unpaired) electrons. The van der Waals surface area contributed by atoms with E-state index < -0.39 is 10.0 Å². The minimum atomic E-state index is -3.54. The third-order valence-corrected chi connectivity index (χ3v) is 8.18. The highest BCUT2D eigenvalue weighted by molar-refractivity contribution is 7.89. The number of ether oxygens (including phenoxy) is 1. The molecule has 1 N–H and O–H groups in total. The van der Waals surface area contributed by atoms with Crippen LogP contribution in [0.4, 0.5) is 5.13 Å². The minimum Gasteiger partial charge on any atom is -0.496 e. The zero-order valence-electron chi connectivity index (χ0n) is 17.5. The summed E-state index contributed by atoms with van der Waals surface area (Å²) in [6.45, 7) is 5.98. The van der Waals surface area contributed by atoms with Crippen LogP contribution in [-0.2, 0) is 10.0 Å². The minimum absolute atomic E-state index is 0.296. The summed E-state index contributed by atoms with van der Waals surface area (Å²) in [4.78, 5) is 7.35. The van der Waals surface area contributed by atoms with Gasteiger partial charge in [-0.05, 0) is 68.0 Å². The molecule has 0 bridgehead atoms. The van der Waals surface area contributed by atoms with Gasteiger partial charge in [-0.1, -0.05) is 23.5 Å². The molecule has 1 fully saturated rings. The van der Waals surface area contributed by atoms with E-state index >= 15 is 0 Å². The quantitative estimate of drug-likeness (QED) is 0.618. The van der Waals surface area contributed by atoms with E-state index in [2.05, 4.69) is 15.7 Å². The van der Waals surface area contributed by atoms with Crippen molar-refractivity contribution < 1.29 is 13.2 Å². The van der Waals surface area contributed by atoms with Gasteiger partial charge in [0.2, 0.25) is 10.0 Å². The molecule has 0 unspecified atom stereocenters. The Bertz CT molecular complexity index is 1090. The lowest BCUT2D eigenvalue weighted by Gasteiger charge is -2.31. The first-order valence-electron chi connectivity index (χ1n) is 10.1. The number of sulfonamides is 1. The first-order chi connectivity index (χ1) is 14.4. The van der Waals surface area contributed by atoms with Crippen molar-refractivity contribution in [2.24, 2.45) is 5.92 Å². The lowest BCUT2D eigenvalue weighted by Crippen LogP contribution is -2.38. The molecular weight excluding hydrogens is 418 g/mol. The molecule has 30 heavy (non-hydrogen) atoms. The number of benzene rings is 2. The van der Waals surface area contributed by atoms with Gasteiger partial charge in [0, 0.05) is 19.6 Å². The van der Waals surface area contributed by atoms with Crippen LogP contribution in [0.3, 0.4) is 0 Å². The van der Waals surface area contributed by atoms with Crippen LogP contribution in [0.2, 0.25) is 0 Å². The van der Waals surface area contributed by atoms with Crippen molar-refractivity contribution in [1.82, 2.24) is 9.71 Å². The van der Waals surface area contributed by atoms with Gasteiger partial charge in [-0.25, -0.2) is 18.1 Å². The third-order valence-electron chi connectivity index (χ3n) is 5.68. The topological polar surface area (TPSA) is 71.5 Å². The number of para-hydroxylation sites is 1. The Morgan fingerprint density at radius 2 is 1.83 bits per heavy atom. The average molecular weight is 446 g/mol. The van der Waals surface area contributed by atoms with E-state index in [1.54, 1.807) is 30.6 Å². The molecule has 4 rings (SSSR count). The molecule has 1 saturated heterocycles. The molecule has 1 aliphatic heterocycles. The number of thiazole rings is 1. The molecule has 0 aliphatic carbocycles. The molecule has 2 aromatic carbocycles. The van der Waals surface area contributed by atoms with Crippen LogP contribution in [0.25, 0.3) is 10.2 Å². The van der Waals surface area contributed by atoms with Gasteiger partial charge in [0.25, 0.3) is 0 Å². The number of hydrogen-bond acceptors (Lipinski definition) is 6. The van der Waals surface area contributed by atoms with E-state index in [0.717, 1.165) is 53.5 Å².